The minimum atomic E-state index is -4.38. The number of amides is 1. The van der Waals surface area contributed by atoms with Crippen LogP contribution in [0.2, 0.25) is 0 Å². The molecule has 0 aliphatic carbocycles. The van der Waals surface area contributed by atoms with E-state index in [0.29, 0.717) is 23.6 Å². The molecule has 1 amide bonds. The molecular weight excluding hydrogens is 355 g/mol. The van der Waals surface area contributed by atoms with Crippen LogP contribution in [0.1, 0.15) is 21.5 Å². The summed E-state index contributed by atoms with van der Waals surface area (Å²) in [6.07, 6.45) is -2.92. The number of carbonyl (C=O) groups excluding carboxylic acids is 1. The molecule has 3 aromatic rings. The molecule has 1 aromatic heterocycles. The van der Waals surface area contributed by atoms with Crippen LogP contribution in [-0.2, 0) is 12.7 Å². The van der Waals surface area contributed by atoms with Crippen molar-refractivity contribution in [3.05, 3.63) is 89.6 Å². The van der Waals surface area contributed by atoms with Crippen molar-refractivity contribution in [1.82, 2.24) is 10.3 Å². The van der Waals surface area contributed by atoms with E-state index in [-0.39, 0.29) is 5.91 Å². The fourth-order valence-corrected chi connectivity index (χ4v) is 2.41. The lowest BCUT2D eigenvalue weighted by molar-refractivity contribution is -0.137. The van der Waals surface area contributed by atoms with Gasteiger partial charge in [-0.1, -0.05) is 30.3 Å². The van der Waals surface area contributed by atoms with E-state index in [1.807, 2.05) is 30.3 Å². The minimum Gasteiger partial charge on any atom is -0.348 e. The number of rotatable bonds is 5. The number of anilines is 2. The first-order valence-electron chi connectivity index (χ1n) is 8.14. The van der Waals surface area contributed by atoms with Gasteiger partial charge in [-0.3, -0.25) is 4.79 Å². The highest BCUT2D eigenvalue weighted by Gasteiger charge is 2.29. The van der Waals surface area contributed by atoms with Crippen LogP contribution in [0.15, 0.2) is 72.9 Å². The van der Waals surface area contributed by atoms with Gasteiger partial charge in [0.05, 0.1) is 5.56 Å². The van der Waals surface area contributed by atoms with Gasteiger partial charge in [-0.05, 0) is 42.0 Å². The van der Waals surface area contributed by atoms with Gasteiger partial charge in [-0.25, -0.2) is 4.98 Å². The van der Waals surface area contributed by atoms with E-state index in [0.717, 1.165) is 17.7 Å². The predicted molar refractivity (Wildman–Crippen MR) is 96.6 cm³/mol. The van der Waals surface area contributed by atoms with Gasteiger partial charge in [-0.2, -0.15) is 13.2 Å². The standard InChI is InChI=1S/C20H16F3N3O/c21-20(22,23)16-6-8-17(9-7-16)26-18-12-15(10-11-24-18)19(27)25-13-14-4-2-1-3-5-14/h1-12H,13H2,(H,24,26)(H,25,27). The molecule has 138 valence electrons. The van der Waals surface area contributed by atoms with Crippen molar-refractivity contribution in [1.29, 1.82) is 0 Å². The van der Waals surface area contributed by atoms with E-state index in [9.17, 15) is 18.0 Å². The van der Waals surface area contributed by atoms with E-state index in [1.54, 1.807) is 6.07 Å². The third-order valence-corrected chi connectivity index (χ3v) is 3.80. The molecular formula is C20H16F3N3O. The van der Waals surface area contributed by atoms with Crippen LogP contribution < -0.4 is 10.6 Å². The molecule has 0 atom stereocenters. The van der Waals surface area contributed by atoms with Gasteiger partial charge >= 0.3 is 6.18 Å². The third kappa shape index (κ3) is 5.07. The molecule has 0 aliphatic heterocycles. The van der Waals surface area contributed by atoms with Crippen LogP contribution in [0.3, 0.4) is 0 Å². The molecule has 0 saturated heterocycles. The summed E-state index contributed by atoms with van der Waals surface area (Å²) >= 11 is 0. The molecule has 0 spiro atoms. The Morgan fingerprint density at radius 1 is 0.963 bits per heavy atom. The lowest BCUT2D eigenvalue weighted by Crippen LogP contribution is -2.22. The van der Waals surface area contributed by atoms with Crippen LogP contribution in [0.25, 0.3) is 0 Å². The normalized spacial score (nSPS) is 11.1. The third-order valence-electron chi connectivity index (χ3n) is 3.80. The van der Waals surface area contributed by atoms with Crippen molar-refractivity contribution in [2.24, 2.45) is 0 Å². The first-order chi connectivity index (χ1) is 12.9. The predicted octanol–water partition coefficient (Wildman–Crippen LogP) is 4.77. The Hall–Kier alpha value is -3.35. The zero-order valence-electron chi connectivity index (χ0n) is 14.1. The number of carbonyl (C=O) groups is 1. The summed E-state index contributed by atoms with van der Waals surface area (Å²) in [7, 11) is 0. The van der Waals surface area contributed by atoms with E-state index in [1.165, 1.54) is 24.4 Å². The number of aromatic nitrogens is 1. The second-order valence-corrected chi connectivity index (χ2v) is 5.80. The van der Waals surface area contributed by atoms with Gasteiger partial charge in [0.15, 0.2) is 0 Å². The number of hydrogen-bond donors (Lipinski definition) is 2. The molecule has 0 fully saturated rings. The first-order valence-corrected chi connectivity index (χ1v) is 8.14. The number of nitrogens with zero attached hydrogens (tertiary/aromatic N) is 1. The maximum absolute atomic E-state index is 12.6. The fourth-order valence-electron chi connectivity index (χ4n) is 2.41. The van der Waals surface area contributed by atoms with E-state index < -0.39 is 11.7 Å². The molecule has 0 bridgehead atoms. The Balaban J connectivity index is 1.65. The summed E-state index contributed by atoms with van der Waals surface area (Å²) in [5.41, 5.74) is 1.09. The number of halogens is 3. The Labute approximate surface area is 154 Å². The van der Waals surface area contributed by atoms with Gasteiger partial charge in [0.1, 0.15) is 5.82 Å². The van der Waals surface area contributed by atoms with E-state index in [2.05, 4.69) is 15.6 Å². The van der Waals surface area contributed by atoms with Crippen molar-refractivity contribution in [2.45, 2.75) is 12.7 Å². The average Bonchev–Trinajstić information content (AvgIpc) is 2.67. The number of alkyl halides is 3. The number of hydrogen-bond acceptors (Lipinski definition) is 3. The second-order valence-electron chi connectivity index (χ2n) is 5.80. The lowest BCUT2D eigenvalue weighted by Gasteiger charge is -2.10. The lowest BCUT2D eigenvalue weighted by atomic mass is 10.2. The van der Waals surface area contributed by atoms with Crippen molar-refractivity contribution < 1.29 is 18.0 Å². The highest BCUT2D eigenvalue weighted by Crippen LogP contribution is 2.30. The fraction of sp³-hybridized carbons (Fsp3) is 0.100. The topological polar surface area (TPSA) is 54.0 Å². The average molecular weight is 371 g/mol. The van der Waals surface area contributed by atoms with Crippen molar-refractivity contribution in [2.75, 3.05) is 5.32 Å². The molecule has 2 aromatic carbocycles. The molecule has 27 heavy (non-hydrogen) atoms. The van der Waals surface area contributed by atoms with Gasteiger partial charge in [0, 0.05) is 24.0 Å². The largest absolute Gasteiger partial charge is 0.416 e. The first kappa shape index (κ1) is 18.4. The van der Waals surface area contributed by atoms with Gasteiger partial charge in [0.2, 0.25) is 0 Å². The molecule has 0 radical (unpaired) electrons. The summed E-state index contributed by atoms with van der Waals surface area (Å²) < 4.78 is 37.8. The highest BCUT2D eigenvalue weighted by molar-refractivity contribution is 5.94. The van der Waals surface area contributed by atoms with Crippen molar-refractivity contribution in [3.8, 4) is 0 Å². The maximum Gasteiger partial charge on any atom is 0.416 e. The Kier molecular flexibility index (Phi) is 5.40. The summed E-state index contributed by atoms with van der Waals surface area (Å²) in [6, 6.07) is 17.2. The quantitative estimate of drug-likeness (QED) is 0.679. The molecule has 7 heteroatoms. The number of nitrogens with one attached hydrogen (secondary N) is 2. The summed E-state index contributed by atoms with van der Waals surface area (Å²) in [5, 5.41) is 5.70. The van der Waals surface area contributed by atoms with E-state index in [4.69, 9.17) is 0 Å². The Morgan fingerprint density at radius 2 is 1.67 bits per heavy atom. The SMILES string of the molecule is O=C(NCc1ccccc1)c1ccnc(Nc2ccc(C(F)(F)F)cc2)c1. The molecule has 0 saturated carbocycles. The van der Waals surface area contributed by atoms with Gasteiger partial charge < -0.3 is 10.6 Å². The van der Waals surface area contributed by atoms with Crippen LogP contribution in [0, 0.1) is 0 Å². The zero-order chi connectivity index (χ0) is 19.3. The van der Waals surface area contributed by atoms with Crippen molar-refractivity contribution in [3.63, 3.8) is 0 Å². The van der Waals surface area contributed by atoms with Gasteiger partial charge in [0.25, 0.3) is 5.91 Å². The monoisotopic (exact) mass is 371 g/mol. The van der Waals surface area contributed by atoms with Gasteiger partial charge in [-0.15, -0.1) is 0 Å². The van der Waals surface area contributed by atoms with Crippen LogP contribution in [-0.4, -0.2) is 10.9 Å². The molecule has 4 nitrogen and oxygen atoms in total. The van der Waals surface area contributed by atoms with Crippen molar-refractivity contribution >= 4 is 17.4 Å². The molecule has 0 aliphatic rings. The summed E-state index contributed by atoms with van der Waals surface area (Å²) in [4.78, 5) is 16.4. The Morgan fingerprint density at radius 3 is 2.33 bits per heavy atom. The minimum absolute atomic E-state index is 0.267. The smallest absolute Gasteiger partial charge is 0.348 e. The summed E-state index contributed by atoms with van der Waals surface area (Å²) in [6.45, 7) is 0.393. The number of pyridine rings is 1. The van der Waals surface area contributed by atoms with Crippen LogP contribution in [0.4, 0.5) is 24.7 Å². The molecule has 0 unspecified atom stereocenters. The number of benzene rings is 2. The molecule has 2 N–H and O–H groups in total. The zero-order valence-corrected chi connectivity index (χ0v) is 14.1. The summed E-state index contributed by atoms with van der Waals surface area (Å²) in [5.74, 6) is 0.0962. The highest BCUT2D eigenvalue weighted by atomic mass is 19.4. The maximum atomic E-state index is 12.6. The van der Waals surface area contributed by atoms with Crippen LogP contribution >= 0.6 is 0 Å². The Bertz CT molecular complexity index is 910. The molecule has 1 heterocycles. The van der Waals surface area contributed by atoms with E-state index >= 15 is 0 Å². The second kappa shape index (κ2) is 7.90. The van der Waals surface area contributed by atoms with Crippen LogP contribution in [0.5, 0.6) is 0 Å². The molecule has 3 rings (SSSR count).